The van der Waals surface area contributed by atoms with E-state index < -0.39 is 17.7 Å². The highest BCUT2D eigenvalue weighted by Crippen LogP contribution is 2.31. The lowest BCUT2D eigenvalue weighted by Crippen LogP contribution is -2.32. The molecule has 1 aromatic rings. The van der Waals surface area contributed by atoms with Crippen LogP contribution in [0.1, 0.15) is 38.3 Å². The van der Waals surface area contributed by atoms with E-state index in [-0.39, 0.29) is 11.5 Å². The molecule has 140 valence electrons. The third-order valence-corrected chi connectivity index (χ3v) is 2.88. The number of benzene rings is 1. The molecule has 0 aliphatic rings. The van der Waals surface area contributed by atoms with Gasteiger partial charge in [-0.3, -0.25) is 0 Å². The molecule has 0 aromatic heterocycles. The third kappa shape index (κ3) is 7.62. The van der Waals surface area contributed by atoms with Crippen LogP contribution in [-0.2, 0) is 9.53 Å². The van der Waals surface area contributed by atoms with Crippen LogP contribution in [0.5, 0.6) is 11.5 Å². The molecule has 0 radical (unpaired) electrons. The topological polar surface area (TPSA) is 105 Å². The summed E-state index contributed by atoms with van der Waals surface area (Å²) in [7, 11) is 1.39. The van der Waals surface area contributed by atoms with Crippen LogP contribution in [0.2, 0.25) is 0 Å². The fourth-order valence-electron chi connectivity index (χ4n) is 1.84. The molecule has 0 aliphatic carbocycles. The second-order valence-electron chi connectivity index (χ2n) is 6.27. The largest absolute Gasteiger partial charge is 0.503 e. The van der Waals surface area contributed by atoms with E-state index in [2.05, 4.69) is 17.2 Å². The number of alkyl carbamates (subject to hydrolysis) is 1. The Bertz CT molecular complexity index is 750. The number of carbonyl (C=O) groups excluding carboxylic acids is 1. The summed E-state index contributed by atoms with van der Waals surface area (Å²) in [6.07, 6.45) is 2.17. The fraction of sp³-hybridized carbons (Fsp3) is 0.368. The Morgan fingerprint density at radius 1 is 1.31 bits per heavy atom. The number of carboxylic acids is 1. The molecule has 0 atom stereocenters. The molecule has 3 N–H and O–H groups in total. The van der Waals surface area contributed by atoms with Gasteiger partial charge in [0.05, 0.1) is 12.7 Å². The first-order chi connectivity index (χ1) is 12.1. The summed E-state index contributed by atoms with van der Waals surface area (Å²) in [5, 5.41) is 21.4. The normalized spacial score (nSPS) is 10.8. The van der Waals surface area contributed by atoms with Gasteiger partial charge in [-0.15, -0.1) is 0 Å². The van der Waals surface area contributed by atoms with Crippen molar-refractivity contribution in [3.8, 4) is 23.3 Å². The lowest BCUT2D eigenvalue weighted by atomic mass is 10.1. The quantitative estimate of drug-likeness (QED) is 0.423. The highest BCUT2D eigenvalue weighted by Gasteiger charge is 2.15. The van der Waals surface area contributed by atoms with Crippen LogP contribution in [0.3, 0.4) is 0 Å². The molecule has 7 heteroatoms. The Morgan fingerprint density at radius 2 is 2.00 bits per heavy atom. The number of methoxy groups -OCH3 is 1. The molecular weight excluding hydrogens is 338 g/mol. The molecule has 26 heavy (non-hydrogen) atoms. The summed E-state index contributed by atoms with van der Waals surface area (Å²) in [6.45, 7) is 5.61. The third-order valence-electron chi connectivity index (χ3n) is 2.88. The van der Waals surface area contributed by atoms with Crippen molar-refractivity contribution in [3.63, 3.8) is 0 Å². The van der Waals surface area contributed by atoms with E-state index >= 15 is 0 Å². The number of hydrogen-bond donors (Lipinski definition) is 3. The lowest BCUT2D eigenvalue weighted by molar-refractivity contribution is -0.131. The summed E-state index contributed by atoms with van der Waals surface area (Å²) in [4.78, 5) is 22.1. The molecule has 0 spiro atoms. The summed E-state index contributed by atoms with van der Waals surface area (Å²) in [6, 6.07) is 3.05. The Balaban J connectivity index is 2.78. The van der Waals surface area contributed by atoms with Crippen molar-refractivity contribution in [1.82, 2.24) is 5.32 Å². The second kappa shape index (κ2) is 9.37. The monoisotopic (exact) mass is 361 g/mol. The summed E-state index contributed by atoms with van der Waals surface area (Å²) >= 11 is 0. The molecule has 0 saturated carbocycles. The molecule has 0 fully saturated rings. The number of carbonyl (C=O) groups is 2. The zero-order valence-corrected chi connectivity index (χ0v) is 15.3. The second-order valence-corrected chi connectivity index (χ2v) is 6.27. The van der Waals surface area contributed by atoms with Gasteiger partial charge in [0.25, 0.3) is 0 Å². The Labute approximate surface area is 152 Å². The highest BCUT2D eigenvalue weighted by atomic mass is 16.6. The van der Waals surface area contributed by atoms with Gasteiger partial charge >= 0.3 is 12.1 Å². The average Bonchev–Trinajstić information content (AvgIpc) is 2.52. The fourth-order valence-corrected chi connectivity index (χ4v) is 1.84. The van der Waals surface area contributed by atoms with Gasteiger partial charge in [-0.05, 0) is 44.5 Å². The number of phenolic OH excluding ortho intramolecular Hbond substituents is 1. The average molecular weight is 361 g/mol. The van der Waals surface area contributed by atoms with Gasteiger partial charge in [0.15, 0.2) is 11.5 Å². The van der Waals surface area contributed by atoms with E-state index in [0.29, 0.717) is 24.1 Å². The van der Waals surface area contributed by atoms with E-state index in [0.717, 1.165) is 6.08 Å². The van der Waals surface area contributed by atoms with Crippen LogP contribution in [0, 0.1) is 11.8 Å². The predicted molar refractivity (Wildman–Crippen MR) is 97.1 cm³/mol. The number of nitrogens with one attached hydrogen (secondary N) is 1. The molecular formula is C19H23NO6. The molecule has 0 heterocycles. The summed E-state index contributed by atoms with van der Waals surface area (Å²) < 4.78 is 10.2. The summed E-state index contributed by atoms with van der Waals surface area (Å²) in [5.41, 5.74) is 0.257. The maximum absolute atomic E-state index is 11.5. The molecule has 0 bridgehead atoms. The number of phenols is 1. The van der Waals surface area contributed by atoms with Gasteiger partial charge in [0.2, 0.25) is 0 Å². The van der Waals surface area contributed by atoms with Crippen molar-refractivity contribution in [3.05, 3.63) is 29.3 Å². The number of hydrogen-bond acceptors (Lipinski definition) is 5. The lowest BCUT2D eigenvalue weighted by Gasteiger charge is -2.19. The number of carboxylic acid groups (broad SMARTS) is 1. The Hall–Kier alpha value is -3.14. The number of ether oxygens (including phenoxy) is 2. The zero-order valence-electron chi connectivity index (χ0n) is 15.3. The van der Waals surface area contributed by atoms with Crippen LogP contribution < -0.4 is 10.1 Å². The maximum atomic E-state index is 11.5. The zero-order chi connectivity index (χ0) is 19.7. The van der Waals surface area contributed by atoms with Crippen molar-refractivity contribution < 1.29 is 29.3 Å². The van der Waals surface area contributed by atoms with Crippen LogP contribution in [0.25, 0.3) is 6.08 Å². The standard InChI is InChI=1S/C19H23NO6/c1-19(2,3)26-18(24)20-10-6-5-7-14-11-13(8-9-16(21)22)12-15(25-4)17(14)23/h8-9,11-12,23H,6,10H2,1-4H3,(H,20,24)(H,21,22). The van der Waals surface area contributed by atoms with Gasteiger partial charge in [0, 0.05) is 19.0 Å². The molecule has 1 amide bonds. The molecule has 0 aliphatic heterocycles. The minimum absolute atomic E-state index is 0.132. The van der Waals surface area contributed by atoms with Gasteiger partial charge in [-0.25, -0.2) is 9.59 Å². The van der Waals surface area contributed by atoms with Gasteiger partial charge in [-0.1, -0.05) is 11.8 Å². The van der Waals surface area contributed by atoms with E-state index in [1.165, 1.54) is 19.3 Å². The van der Waals surface area contributed by atoms with Crippen LogP contribution in [-0.4, -0.2) is 41.5 Å². The van der Waals surface area contributed by atoms with E-state index in [9.17, 15) is 14.7 Å². The predicted octanol–water partition coefficient (Wildman–Crippen LogP) is 2.76. The number of aliphatic carboxylic acids is 1. The SMILES string of the molecule is COc1cc(C=CC(=O)O)cc(C#CCCNC(=O)OC(C)(C)C)c1O. The maximum Gasteiger partial charge on any atom is 0.407 e. The van der Waals surface area contributed by atoms with E-state index in [4.69, 9.17) is 14.6 Å². The van der Waals surface area contributed by atoms with Crippen molar-refractivity contribution in [1.29, 1.82) is 0 Å². The smallest absolute Gasteiger partial charge is 0.407 e. The van der Waals surface area contributed by atoms with Crippen molar-refractivity contribution in [2.75, 3.05) is 13.7 Å². The van der Waals surface area contributed by atoms with Gasteiger partial charge in [0.1, 0.15) is 5.60 Å². The van der Waals surface area contributed by atoms with Gasteiger partial charge < -0.3 is 25.0 Å². The first-order valence-electron chi connectivity index (χ1n) is 7.90. The van der Waals surface area contributed by atoms with Crippen LogP contribution in [0.4, 0.5) is 4.79 Å². The molecule has 0 saturated heterocycles. The Morgan fingerprint density at radius 3 is 2.58 bits per heavy atom. The number of amides is 1. The number of aromatic hydroxyl groups is 1. The van der Waals surface area contributed by atoms with Crippen LogP contribution >= 0.6 is 0 Å². The van der Waals surface area contributed by atoms with Crippen molar-refractivity contribution in [2.24, 2.45) is 0 Å². The van der Waals surface area contributed by atoms with Crippen molar-refractivity contribution in [2.45, 2.75) is 32.8 Å². The van der Waals surface area contributed by atoms with E-state index in [1.807, 2.05) is 0 Å². The molecule has 1 rings (SSSR count). The minimum Gasteiger partial charge on any atom is -0.503 e. The highest BCUT2D eigenvalue weighted by molar-refractivity contribution is 5.85. The first-order valence-corrected chi connectivity index (χ1v) is 7.90. The first kappa shape index (κ1) is 20.9. The van der Waals surface area contributed by atoms with E-state index in [1.54, 1.807) is 26.8 Å². The summed E-state index contributed by atoms with van der Waals surface area (Å²) in [5.74, 6) is 4.58. The Kier molecular flexibility index (Phi) is 7.53. The molecule has 0 unspecified atom stereocenters. The molecule has 1 aromatic carbocycles. The van der Waals surface area contributed by atoms with Gasteiger partial charge in [-0.2, -0.15) is 0 Å². The number of rotatable bonds is 5. The minimum atomic E-state index is -1.09. The molecule has 7 nitrogen and oxygen atoms in total. The van der Waals surface area contributed by atoms with Crippen molar-refractivity contribution >= 4 is 18.1 Å². The van der Waals surface area contributed by atoms with Crippen LogP contribution in [0.15, 0.2) is 18.2 Å².